The third-order valence-electron chi connectivity index (χ3n) is 3.00. The summed E-state index contributed by atoms with van der Waals surface area (Å²) in [5.74, 6) is 3.58. The molecule has 104 valence electrons. The molecule has 1 aromatic carbocycles. The van der Waals surface area contributed by atoms with Crippen molar-refractivity contribution in [3.8, 4) is 5.75 Å². The fourth-order valence-electron chi connectivity index (χ4n) is 1.91. The van der Waals surface area contributed by atoms with Crippen LogP contribution < -0.4 is 10.5 Å². The summed E-state index contributed by atoms with van der Waals surface area (Å²) in [6.07, 6.45) is 0. The Kier molecular flexibility index (Phi) is 5.22. The Balaban J connectivity index is 2.04. The fourth-order valence-corrected chi connectivity index (χ4v) is 2.97. The molecule has 0 spiro atoms. The molecule has 0 unspecified atom stereocenters. The second kappa shape index (κ2) is 6.91. The number of hydrogen-bond acceptors (Lipinski definition) is 3. The minimum absolute atomic E-state index is 0.510. The van der Waals surface area contributed by atoms with E-state index in [1.54, 1.807) is 13.2 Å². The van der Waals surface area contributed by atoms with E-state index < -0.39 is 0 Å². The van der Waals surface area contributed by atoms with Gasteiger partial charge in [-0.3, -0.25) is 0 Å². The number of halogens is 1. The molecule has 4 nitrogen and oxygen atoms in total. The van der Waals surface area contributed by atoms with Crippen molar-refractivity contribution in [3.63, 3.8) is 0 Å². The van der Waals surface area contributed by atoms with Gasteiger partial charge in [-0.05, 0) is 12.1 Å². The summed E-state index contributed by atoms with van der Waals surface area (Å²) in [6, 6.07) is 5.55. The molecule has 0 saturated carbocycles. The van der Waals surface area contributed by atoms with E-state index in [0.717, 1.165) is 35.9 Å². The molecule has 1 heterocycles. The zero-order valence-electron chi connectivity index (χ0n) is 10.9. The van der Waals surface area contributed by atoms with E-state index in [2.05, 4.69) is 9.89 Å². The number of hydrogen-bond donors (Lipinski definition) is 1. The Morgan fingerprint density at radius 2 is 2.21 bits per heavy atom. The molecule has 2 rings (SSSR count). The minimum Gasteiger partial charge on any atom is -0.496 e. The van der Waals surface area contributed by atoms with E-state index in [4.69, 9.17) is 22.1 Å². The molecule has 0 bridgehead atoms. The Morgan fingerprint density at radius 1 is 1.47 bits per heavy atom. The van der Waals surface area contributed by atoms with Crippen molar-refractivity contribution >= 4 is 29.3 Å². The second-order valence-electron chi connectivity index (χ2n) is 4.23. The first-order valence-corrected chi connectivity index (χ1v) is 7.69. The summed E-state index contributed by atoms with van der Waals surface area (Å²) < 4.78 is 5.29. The summed E-state index contributed by atoms with van der Waals surface area (Å²) in [4.78, 5) is 6.57. The van der Waals surface area contributed by atoms with Gasteiger partial charge in [0.1, 0.15) is 5.75 Å². The lowest BCUT2D eigenvalue weighted by Crippen LogP contribution is -2.42. The van der Waals surface area contributed by atoms with Crippen LogP contribution in [0.3, 0.4) is 0 Å². The van der Waals surface area contributed by atoms with Gasteiger partial charge in [-0.15, -0.1) is 0 Å². The standard InChI is InChI=1S/C13H18ClN3OS/c1-18-12-8-11(14)3-2-10(12)9-16-13(15)17-4-6-19-7-5-17/h2-3,8H,4-7,9H2,1H3,(H2,15,16). The first-order valence-electron chi connectivity index (χ1n) is 6.15. The summed E-state index contributed by atoms with van der Waals surface area (Å²) in [5, 5.41) is 0.658. The number of benzene rings is 1. The predicted molar refractivity (Wildman–Crippen MR) is 82.2 cm³/mol. The van der Waals surface area contributed by atoms with Gasteiger partial charge in [0.2, 0.25) is 0 Å². The van der Waals surface area contributed by atoms with E-state index in [9.17, 15) is 0 Å². The van der Waals surface area contributed by atoms with Gasteiger partial charge in [0.15, 0.2) is 5.96 Å². The molecular weight excluding hydrogens is 282 g/mol. The Hall–Kier alpha value is -1.07. The highest BCUT2D eigenvalue weighted by molar-refractivity contribution is 7.99. The highest BCUT2D eigenvalue weighted by Gasteiger charge is 2.12. The molecule has 1 aliphatic rings. The van der Waals surface area contributed by atoms with Crippen LogP contribution in [-0.4, -0.2) is 42.6 Å². The van der Waals surface area contributed by atoms with E-state index in [1.165, 1.54) is 0 Å². The zero-order chi connectivity index (χ0) is 13.7. The van der Waals surface area contributed by atoms with Crippen molar-refractivity contribution in [2.24, 2.45) is 10.7 Å². The summed E-state index contributed by atoms with van der Waals surface area (Å²) in [7, 11) is 1.63. The van der Waals surface area contributed by atoms with Crippen LogP contribution >= 0.6 is 23.4 Å². The van der Waals surface area contributed by atoms with Crippen molar-refractivity contribution in [1.82, 2.24) is 4.90 Å². The molecule has 1 aliphatic heterocycles. The second-order valence-corrected chi connectivity index (χ2v) is 5.89. The maximum Gasteiger partial charge on any atom is 0.191 e. The SMILES string of the molecule is COc1cc(Cl)ccc1CN=C(N)N1CCSCC1. The van der Waals surface area contributed by atoms with E-state index >= 15 is 0 Å². The number of nitrogens with zero attached hydrogens (tertiary/aromatic N) is 2. The predicted octanol–water partition coefficient (Wildman–Crippen LogP) is 2.21. The fraction of sp³-hybridized carbons (Fsp3) is 0.462. The summed E-state index contributed by atoms with van der Waals surface area (Å²) in [6.45, 7) is 2.45. The molecule has 19 heavy (non-hydrogen) atoms. The van der Waals surface area contributed by atoms with Crippen molar-refractivity contribution in [1.29, 1.82) is 0 Å². The van der Waals surface area contributed by atoms with E-state index in [-0.39, 0.29) is 0 Å². The normalized spacial score (nSPS) is 16.5. The summed E-state index contributed by atoms with van der Waals surface area (Å²) in [5.41, 5.74) is 7.00. The molecule has 0 amide bonds. The van der Waals surface area contributed by atoms with Crippen LogP contribution in [0.2, 0.25) is 5.02 Å². The Bertz CT molecular complexity index is 461. The average molecular weight is 300 g/mol. The molecule has 6 heteroatoms. The quantitative estimate of drug-likeness (QED) is 0.687. The maximum atomic E-state index is 6.02. The van der Waals surface area contributed by atoms with Gasteiger partial charge in [-0.2, -0.15) is 11.8 Å². The lowest BCUT2D eigenvalue weighted by Gasteiger charge is -2.27. The molecule has 0 atom stereocenters. The van der Waals surface area contributed by atoms with Gasteiger partial charge in [-0.1, -0.05) is 17.7 Å². The van der Waals surface area contributed by atoms with Crippen LogP contribution in [-0.2, 0) is 6.54 Å². The minimum atomic E-state index is 0.510. The van der Waals surface area contributed by atoms with Gasteiger partial charge < -0.3 is 15.4 Å². The number of thioether (sulfide) groups is 1. The molecule has 0 aliphatic carbocycles. The number of aliphatic imine (C=N–C) groups is 1. The summed E-state index contributed by atoms with van der Waals surface area (Å²) >= 11 is 7.88. The number of ether oxygens (including phenoxy) is 1. The lowest BCUT2D eigenvalue weighted by molar-refractivity contribution is 0.409. The zero-order valence-corrected chi connectivity index (χ0v) is 12.5. The monoisotopic (exact) mass is 299 g/mol. The van der Waals surface area contributed by atoms with Crippen LogP contribution in [0.25, 0.3) is 0 Å². The number of nitrogens with two attached hydrogens (primary N) is 1. The first-order chi connectivity index (χ1) is 9.20. The third kappa shape index (κ3) is 3.94. The van der Waals surface area contributed by atoms with Crippen LogP contribution in [0.1, 0.15) is 5.56 Å². The molecular formula is C13H18ClN3OS. The molecule has 0 radical (unpaired) electrons. The van der Waals surface area contributed by atoms with E-state index in [1.807, 2.05) is 23.9 Å². The van der Waals surface area contributed by atoms with E-state index in [0.29, 0.717) is 17.5 Å². The van der Waals surface area contributed by atoms with Crippen molar-refractivity contribution < 1.29 is 4.74 Å². The lowest BCUT2D eigenvalue weighted by atomic mass is 10.2. The number of rotatable bonds is 3. The Morgan fingerprint density at radius 3 is 2.89 bits per heavy atom. The topological polar surface area (TPSA) is 50.9 Å². The molecule has 1 saturated heterocycles. The molecule has 2 N–H and O–H groups in total. The highest BCUT2D eigenvalue weighted by Crippen LogP contribution is 2.23. The number of guanidine groups is 1. The van der Waals surface area contributed by atoms with Crippen LogP contribution in [0, 0.1) is 0 Å². The Labute approximate surface area is 123 Å². The van der Waals surface area contributed by atoms with Gasteiger partial charge in [0.25, 0.3) is 0 Å². The van der Waals surface area contributed by atoms with Gasteiger partial charge >= 0.3 is 0 Å². The smallest absolute Gasteiger partial charge is 0.191 e. The molecule has 1 aromatic rings. The van der Waals surface area contributed by atoms with Crippen molar-refractivity contribution in [2.45, 2.75) is 6.54 Å². The van der Waals surface area contributed by atoms with Gasteiger partial charge in [0, 0.05) is 35.2 Å². The number of methoxy groups -OCH3 is 1. The van der Waals surface area contributed by atoms with Gasteiger partial charge in [0.05, 0.1) is 13.7 Å². The van der Waals surface area contributed by atoms with Crippen molar-refractivity contribution in [2.75, 3.05) is 31.7 Å². The first kappa shape index (κ1) is 14.3. The largest absolute Gasteiger partial charge is 0.496 e. The highest BCUT2D eigenvalue weighted by atomic mass is 35.5. The average Bonchev–Trinajstić information content (AvgIpc) is 2.46. The molecule has 1 fully saturated rings. The van der Waals surface area contributed by atoms with Crippen LogP contribution in [0.15, 0.2) is 23.2 Å². The maximum absolute atomic E-state index is 6.02. The van der Waals surface area contributed by atoms with Crippen LogP contribution in [0.5, 0.6) is 5.75 Å². The van der Waals surface area contributed by atoms with Crippen LogP contribution in [0.4, 0.5) is 0 Å². The van der Waals surface area contributed by atoms with Gasteiger partial charge in [-0.25, -0.2) is 4.99 Å². The molecule has 0 aromatic heterocycles. The third-order valence-corrected chi connectivity index (χ3v) is 4.17. The van der Waals surface area contributed by atoms with Crippen molar-refractivity contribution in [3.05, 3.63) is 28.8 Å².